The fraction of sp³-hybridized carbons (Fsp3) is 0.467. The first kappa shape index (κ1) is 9.26. The highest BCUT2D eigenvalue weighted by Crippen LogP contribution is 2.07. The Labute approximate surface area is 121 Å². The molecule has 0 fully saturated rings. The summed E-state index contributed by atoms with van der Waals surface area (Å²) in [7, 11) is 0.978. The Kier molecular flexibility index (Phi) is 3.75. The molecule has 0 saturated carbocycles. The maximum atomic E-state index is 12.5. The van der Waals surface area contributed by atoms with E-state index >= 15 is 0 Å². The first-order chi connectivity index (χ1) is 10.9. The summed E-state index contributed by atoms with van der Waals surface area (Å²) in [6, 6.07) is 6.29. The lowest BCUT2D eigenvalue weighted by Gasteiger charge is -2.14. The fourth-order valence-electron chi connectivity index (χ4n) is 1.38. The van der Waals surface area contributed by atoms with Gasteiger partial charge in [-0.25, -0.2) is 0 Å². The van der Waals surface area contributed by atoms with Gasteiger partial charge in [0.2, 0.25) is 5.91 Å². The number of benzene rings is 1. The SMILES string of the molecule is [2H]C([2H])(NC(=O)C([2H])(CC(C)=O)C([2H])([2H])OC)c1ccc(C)cc1. The van der Waals surface area contributed by atoms with Crippen LogP contribution in [0.3, 0.4) is 0 Å². The van der Waals surface area contributed by atoms with Crippen LogP contribution in [0.4, 0.5) is 0 Å². The zero-order valence-electron chi connectivity index (χ0n) is 16.2. The lowest BCUT2D eigenvalue weighted by molar-refractivity contribution is -0.130. The Morgan fingerprint density at radius 1 is 1.42 bits per heavy atom. The summed E-state index contributed by atoms with van der Waals surface area (Å²) in [6.45, 7) is -2.16. The molecule has 4 nitrogen and oxygen atoms in total. The molecule has 0 aliphatic heterocycles. The van der Waals surface area contributed by atoms with E-state index in [1.54, 1.807) is 12.1 Å². The number of carbonyl (C=O) groups excluding carboxylic acids is 2. The standard InChI is InChI=1S/C15H21NO3/c1-11-4-6-13(7-5-11)9-16-15(18)14(10-19-3)8-12(2)17/h4-7,14H,8-10H2,1-3H3,(H,16,18)/i9D2,10D2,14D. The summed E-state index contributed by atoms with van der Waals surface area (Å²) >= 11 is 0. The number of hydrogen-bond acceptors (Lipinski definition) is 3. The van der Waals surface area contributed by atoms with E-state index in [1.165, 1.54) is 12.1 Å². The lowest BCUT2D eigenvalue weighted by Crippen LogP contribution is -2.33. The van der Waals surface area contributed by atoms with Crippen molar-refractivity contribution in [1.82, 2.24) is 5.32 Å². The van der Waals surface area contributed by atoms with Crippen molar-refractivity contribution in [2.45, 2.75) is 26.8 Å². The van der Waals surface area contributed by atoms with Gasteiger partial charge in [0, 0.05) is 21.4 Å². The minimum Gasteiger partial charge on any atom is -0.384 e. The lowest BCUT2D eigenvalue weighted by atomic mass is 10.0. The second-order valence-corrected chi connectivity index (χ2v) is 4.11. The van der Waals surface area contributed by atoms with Gasteiger partial charge in [0.25, 0.3) is 0 Å². The van der Waals surface area contributed by atoms with Crippen LogP contribution in [0.5, 0.6) is 0 Å². The molecule has 1 amide bonds. The third-order valence-electron chi connectivity index (χ3n) is 2.30. The summed E-state index contributed by atoms with van der Waals surface area (Å²) in [5, 5.41) is 2.01. The molecule has 1 unspecified atom stereocenters. The molecule has 0 aliphatic carbocycles. The predicted octanol–water partition coefficient (Wildman–Crippen LogP) is 1.85. The van der Waals surface area contributed by atoms with E-state index in [0.717, 1.165) is 19.6 Å². The molecule has 1 aromatic carbocycles. The number of nitrogens with one attached hydrogen (secondary N) is 1. The largest absolute Gasteiger partial charge is 0.384 e. The van der Waals surface area contributed by atoms with E-state index in [2.05, 4.69) is 4.74 Å². The van der Waals surface area contributed by atoms with Crippen LogP contribution in [0.15, 0.2) is 24.3 Å². The summed E-state index contributed by atoms with van der Waals surface area (Å²) in [5.74, 6) is -4.47. The first-order valence-electron chi connectivity index (χ1n) is 8.30. The first-order valence-corrected chi connectivity index (χ1v) is 5.80. The van der Waals surface area contributed by atoms with Gasteiger partial charge in [-0.1, -0.05) is 29.8 Å². The molecular formula is C15H21NO3. The third-order valence-corrected chi connectivity index (χ3v) is 2.30. The van der Waals surface area contributed by atoms with Gasteiger partial charge in [0.05, 0.1) is 17.9 Å². The van der Waals surface area contributed by atoms with Crippen LogP contribution in [0.1, 0.15) is 31.3 Å². The second-order valence-electron chi connectivity index (χ2n) is 4.11. The maximum absolute atomic E-state index is 12.5. The Bertz CT molecular complexity index is 618. The fourth-order valence-corrected chi connectivity index (χ4v) is 1.38. The minimum absolute atomic E-state index is 0.143. The number of amides is 1. The van der Waals surface area contributed by atoms with Gasteiger partial charge < -0.3 is 14.8 Å². The third kappa shape index (κ3) is 5.66. The van der Waals surface area contributed by atoms with Gasteiger partial charge in [0.15, 0.2) is 0 Å². The van der Waals surface area contributed by atoms with Gasteiger partial charge in [-0.05, 0) is 19.4 Å². The predicted molar refractivity (Wildman–Crippen MR) is 73.7 cm³/mol. The Hall–Kier alpha value is -1.68. The number of aryl methyl sites for hydroxylation is 1. The zero-order valence-corrected chi connectivity index (χ0v) is 11.2. The molecule has 104 valence electrons. The van der Waals surface area contributed by atoms with Gasteiger partial charge in [-0.3, -0.25) is 4.79 Å². The molecule has 0 heterocycles. The molecule has 4 heteroatoms. The van der Waals surface area contributed by atoms with Gasteiger partial charge in [-0.2, -0.15) is 0 Å². The van der Waals surface area contributed by atoms with Crippen LogP contribution in [-0.4, -0.2) is 25.4 Å². The van der Waals surface area contributed by atoms with Crippen molar-refractivity contribution in [2.75, 3.05) is 13.7 Å². The number of hydrogen-bond donors (Lipinski definition) is 1. The van der Waals surface area contributed by atoms with Crippen LogP contribution in [0.25, 0.3) is 0 Å². The summed E-state index contributed by atoms with van der Waals surface area (Å²) in [5.41, 5.74) is 1.05. The van der Waals surface area contributed by atoms with Crippen molar-refractivity contribution in [3.8, 4) is 0 Å². The van der Waals surface area contributed by atoms with Crippen molar-refractivity contribution in [2.24, 2.45) is 5.89 Å². The van der Waals surface area contributed by atoms with Gasteiger partial charge >= 0.3 is 0 Å². The molecule has 1 aromatic rings. The summed E-state index contributed by atoms with van der Waals surface area (Å²) in [4.78, 5) is 23.8. The highest BCUT2D eigenvalue weighted by atomic mass is 16.5. The molecule has 19 heavy (non-hydrogen) atoms. The Balaban J connectivity index is 3.15. The van der Waals surface area contributed by atoms with Crippen molar-refractivity contribution in [3.05, 3.63) is 35.4 Å². The number of rotatable bonds is 7. The minimum atomic E-state index is -2.77. The quantitative estimate of drug-likeness (QED) is 0.821. The zero-order chi connectivity index (χ0) is 18.8. The van der Waals surface area contributed by atoms with Crippen LogP contribution in [-0.2, 0) is 20.8 Å². The maximum Gasteiger partial charge on any atom is 0.226 e. The molecule has 0 radical (unpaired) electrons. The number of ketones is 1. The average Bonchev–Trinajstić information content (AvgIpc) is 2.46. The van der Waals surface area contributed by atoms with Crippen molar-refractivity contribution < 1.29 is 21.2 Å². The number of carbonyl (C=O) groups is 2. The summed E-state index contributed by atoms with van der Waals surface area (Å²) < 4.78 is 44.1. The average molecular weight is 268 g/mol. The van der Waals surface area contributed by atoms with E-state index in [0.29, 0.717) is 0 Å². The van der Waals surface area contributed by atoms with Crippen LogP contribution in [0.2, 0.25) is 0 Å². The summed E-state index contributed by atoms with van der Waals surface area (Å²) in [6.07, 6.45) is -0.746. The van der Waals surface area contributed by atoms with Crippen molar-refractivity contribution in [3.63, 3.8) is 0 Å². The molecule has 0 spiro atoms. The number of Topliss-reactive ketones (excluding diaryl/α,β-unsaturated/α-hetero) is 1. The van der Waals surface area contributed by atoms with Gasteiger partial charge in [0.1, 0.15) is 5.78 Å². The molecule has 0 saturated heterocycles. The van der Waals surface area contributed by atoms with E-state index in [-0.39, 0.29) is 5.56 Å². The molecule has 0 aliphatic rings. The second kappa shape index (κ2) is 7.69. The molecular weight excluding hydrogens is 242 g/mol. The van der Waals surface area contributed by atoms with E-state index < -0.39 is 37.1 Å². The molecule has 1 atom stereocenters. The Morgan fingerprint density at radius 3 is 2.58 bits per heavy atom. The van der Waals surface area contributed by atoms with E-state index in [1.807, 2.05) is 12.2 Å². The normalized spacial score (nSPS) is 19.0. The highest BCUT2D eigenvalue weighted by Gasteiger charge is 2.19. The molecule has 0 aromatic heterocycles. The molecule has 1 rings (SSSR count). The molecule has 0 bridgehead atoms. The van der Waals surface area contributed by atoms with Crippen LogP contribution < -0.4 is 5.32 Å². The van der Waals surface area contributed by atoms with Crippen LogP contribution in [0, 0.1) is 12.8 Å². The topological polar surface area (TPSA) is 55.4 Å². The monoisotopic (exact) mass is 268 g/mol. The van der Waals surface area contributed by atoms with E-state index in [4.69, 9.17) is 6.85 Å². The van der Waals surface area contributed by atoms with Crippen molar-refractivity contribution in [1.29, 1.82) is 0 Å². The highest BCUT2D eigenvalue weighted by molar-refractivity contribution is 5.85. The Morgan fingerprint density at radius 2 is 2.05 bits per heavy atom. The van der Waals surface area contributed by atoms with Crippen molar-refractivity contribution >= 4 is 11.7 Å². The van der Waals surface area contributed by atoms with Crippen LogP contribution >= 0.6 is 0 Å². The number of ether oxygens (including phenoxy) is 1. The van der Waals surface area contributed by atoms with E-state index in [9.17, 15) is 9.59 Å². The smallest absolute Gasteiger partial charge is 0.226 e. The molecule has 1 N–H and O–H groups in total. The number of methoxy groups -OCH3 is 1. The van der Waals surface area contributed by atoms with Gasteiger partial charge in [-0.15, -0.1) is 0 Å².